The van der Waals surface area contributed by atoms with Crippen molar-refractivity contribution in [1.29, 1.82) is 0 Å². The van der Waals surface area contributed by atoms with Gasteiger partial charge in [-0.1, -0.05) is 6.07 Å². The fourth-order valence-electron chi connectivity index (χ4n) is 4.80. The first-order valence-corrected chi connectivity index (χ1v) is 11.3. The second kappa shape index (κ2) is 7.78. The number of ether oxygens (including phenoxy) is 3. The summed E-state index contributed by atoms with van der Waals surface area (Å²) >= 11 is 0. The number of carbonyl (C=O) groups excluding carboxylic acids is 1. The van der Waals surface area contributed by atoms with Gasteiger partial charge in [0.25, 0.3) is 5.91 Å². The van der Waals surface area contributed by atoms with Crippen molar-refractivity contribution < 1.29 is 19.0 Å². The number of amides is 1. The number of fused-ring (bicyclic) bond motifs is 3. The van der Waals surface area contributed by atoms with Crippen LogP contribution < -0.4 is 14.8 Å². The van der Waals surface area contributed by atoms with Crippen molar-refractivity contribution in [3.8, 4) is 11.6 Å². The number of pyridine rings is 2. The maximum absolute atomic E-state index is 13.2. The minimum atomic E-state index is -0.284. The highest BCUT2D eigenvalue weighted by molar-refractivity contribution is 6.05. The van der Waals surface area contributed by atoms with Gasteiger partial charge < -0.3 is 23.9 Å². The summed E-state index contributed by atoms with van der Waals surface area (Å²) in [6, 6.07) is 7.12. The molecule has 0 spiro atoms. The lowest BCUT2D eigenvalue weighted by Crippen LogP contribution is -2.24. The Kier molecular flexibility index (Phi) is 4.75. The van der Waals surface area contributed by atoms with Gasteiger partial charge >= 0.3 is 0 Å². The van der Waals surface area contributed by atoms with Crippen molar-refractivity contribution in [2.45, 2.75) is 50.2 Å². The Morgan fingerprint density at radius 1 is 1.22 bits per heavy atom. The van der Waals surface area contributed by atoms with Crippen molar-refractivity contribution >= 4 is 17.4 Å². The standard InChI is InChI=1S/C24H26N4O4/c1-30-23-4-2-3-21(26-23)27-24(29)17-11-28-12-18(14-5-6-14)25-22(28)10-20(17)31-13-15-9-16-7-8-19(15)32-16/h2-4,10-12,14-16,19H,5-9,13H2,1H3,(H,26,27,29). The molecule has 3 atom stereocenters. The van der Waals surface area contributed by atoms with Crippen LogP contribution in [0, 0.1) is 5.92 Å². The lowest BCUT2D eigenvalue weighted by atomic mass is 9.90. The van der Waals surface area contributed by atoms with E-state index in [9.17, 15) is 4.79 Å². The zero-order valence-electron chi connectivity index (χ0n) is 18.0. The molecule has 0 radical (unpaired) electrons. The molecule has 2 aliphatic heterocycles. The molecule has 8 nitrogen and oxygen atoms in total. The number of aromatic nitrogens is 3. The van der Waals surface area contributed by atoms with E-state index < -0.39 is 0 Å². The van der Waals surface area contributed by atoms with Crippen LogP contribution in [0.25, 0.3) is 5.65 Å². The first kappa shape index (κ1) is 19.5. The minimum Gasteiger partial charge on any atom is -0.492 e. The van der Waals surface area contributed by atoms with E-state index in [1.54, 1.807) is 31.5 Å². The Balaban J connectivity index is 1.29. The molecule has 5 heterocycles. The average molecular weight is 434 g/mol. The van der Waals surface area contributed by atoms with E-state index >= 15 is 0 Å². The number of methoxy groups -OCH3 is 1. The predicted molar refractivity (Wildman–Crippen MR) is 117 cm³/mol. The van der Waals surface area contributed by atoms with Gasteiger partial charge in [0.15, 0.2) is 0 Å². The number of imidazole rings is 1. The summed E-state index contributed by atoms with van der Waals surface area (Å²) in [5.41, 5.74) is 2.32. The molecule has 1 aliphatic carbocycles. The number of anilines is 1. The molecule has 3 aromatic rings. The summed E-state index contributed by atoms with van der Waals surface area (Å²) in [6.45, 7) is 0.533. The zero-order chi connectivity index (χ0) is 21.7. The Labute approximate surface area is 185 Å². The first-order valence-electron chi connectivity index (χ1n) is 11.3. The lowest BCUT2D eigenvalue weighted by Gasteiger charge is -2.20. The van der Waals surface area contributed by atoms with E-state index in [0.717, 1.165) is 30.6 Å². The van der Waals surface area contributed by atoms with Gasteiger partial charge in [-0.05, 0) is 38.2 Å². The molecule has 1 amide bonds. The highest BCUT2D eigenvalue weighted by atomic mass is 16.5. The monoisotopic (exact) mass is 434 g/mol. The van der Waals surface area contributed by atoms with E-state index in [0.29, 0.717) is 47.6 Å². The van der Waals surface area contributed by atoms with Gasteiger partial charge in [0.2, 0.25) is 5.88 Å². The smallest absolute Gasteiger partial charge is 0.262 e. The van der Waals surface area contributed by atoms with E-state index in [2.05, 4.69) is 10.3 Å². The molecule has 8 heteroatoms. The molecule has 32 heavy (non-hydrogen) atoms. The maximum atomic E-state index is 13.2. The fourth-order valence-corrected chi connectivity index (χ4v) is 4.80. The number of hydrogen-bond acceptors (Lipinski definition) is 6. The highest BCUT2D eigenvalue weighted by Gasteiger charge is 2.41. The quantitative estimate of drug-likeness (QED) is 0.608. The molecule has 0 aromatic carbocycles. The number of hydrogen-bond donors (Lipinski definition) is 1. The summed E-state index contributed by atoms with van der Waals surface area (Å²) in [6.07, 6.45) is 10.1. The molecular weight excluding hydrogens is 408 g/mol. The molecule has 3 aliphatic rings. The molecule has 2 saturated heterocycles. The van der Waals surface area contributed by atoms with Gasteiger partial charge in [0.05, 0.1) is 37.2 Å². The van der Waals surface area contributed by atoms with Crippen molar-refractivity contribution in [1.82, 2.24) is 14.4 Å². The molecule has 3 unspecified atom stereocenters. The van der Waals surface area contributed by atoms with Crippen LogP contribution in [-0.2, 0) is 4.74 Å². The molecule has 166 valence electrons. The Hall–Kier alpha value is -3.13. The fraction of sp³-hybridized carbons (Fsp3) is 0.458. The number of rotatable bonds is 7. The van der Waals surface area contributed by atoms with Crippen LogP contribution in [0.2, 0.25) is 0 Å². The van der Waals surface area contributed by atoms with Gasteiger partial charge in [0, 0.05) is 36.4 Å². The van der Waals surface area contributed by atoms with E-state index in [-0.39, 0.29) is 12.0 Å². The second-order valence-electron chi connectivity index (χ2n) is 8.96. The Bertz CT molecular complexity index is 1170. The maximum Gasteiger partial charge on any atom is 0.262 e. The third-order valence-electron chi connectivity index (χ3n) is 6.67. The van der Waals surface area contributed by atoms with Crippen LogP contribution >= 0.6 is 0 Å². The molecule has 1 N–H and O–H groups in total. The van der Waals surface area contributed by atoms with Crippen molar-refractivity contribution in [2.75, 3.05) is 19.0 Å². The summed E-state index contributed by atoms with van der Waals surface area (Å²) < 4.78 is 19.3. The average Bonchev–Trinajstić information content (AvgIpc) is 3.24. The summed E-state index contributed by atoms with van der Waals surface area (Å²) in [5.74, 6) is 2.01. The van der Waals surface area contributed by atoms with Crippen LogP contribution in [0.5, 0.6) is 11.6 Å². The summed E-state index contributed by atoms with van der Waals surface area (Å²) in [5, 5.41) is 2.87. The number of nitrogens with zero attached hydrogens (tertiary/aromatic N) is 3. The Morgan fingerprint density at radius 3 is 2.88 bits per heavy atom. The molecule has 6 rings (SSSR count). The number of carbonyl (C=O) groups is 1. The van der Waals surface area contributed by atoms with E-state index in [1.807, 2.05) is 16.7 Å². The highest BCUT2D eigenvalue weighted by Crippen LogP contribution is 2.41. The largest absolute Gasteiger partial charge is 0.492 e. The normalized spacial score (nSPS) is 24.1. The Morgan fingerprint density at radius 2 is 2.12 bits per heavy atom. The van der Waals surface area contributed by atoms with Gasteiger partial charge in [-0.15, -0.1) is 0 Å². The van der Waals surface area contributed by atoms with Crippen LogP contribution in [-0.4, -0.2) is 46.2 Å². The van der Waals surface area contributed by atoms with Gasteiger partial charge in [0.1, 0.15) is 17.2 Å². The van der Waals surface area contributed by atoms with Crippen LogP contribution in [0.1, 0.15) is 54.1 Å². The molecule has 3 fully saturated rings. The van der Waals surface area contributed by atoms with Gasteiger partial charge in [-0.25, -0.2) is 4.98 Å². The van der Waals surface area contributed by atoms with Crippen molar-refractivity contribution in [3.05, 3.63) is 47.9 Å². The van der Waals surface area contributed by atoms with Gasteiger partial charge in [-0.2, -0.15) is 4.98 Å². The molecule has 3 aromatic heterocycles. The zero-order valence-corrected chi connectivity index (χ0v) is 18.0. The number of nitrogens with one attached hydrogen (secondary N) is 1. The van der Waals surface area contributed by atoms with E-state index in [4.69, 9.17) is 19.2 Å². The van der Waals surface area contributed by atoms with Crippen molar-refractivity contribution in [3.63, 3.8) is 0 Å². The lowest BCUT2D eigenvalue weighted by molar-refractivity contribution is 0.0822. The summed E-state index contributed by atoms with van der Waals surface area (Å²) in [4.78, 5) is 22.3. The summed E-state index contributed by atoms with van der Waals surface area (Å²) in [7, 11) is 1.55. The minimum absolute atomic E-state index is 0.273. The van der Waals surface area contributed by atoms with Crippen molar-refractivity contribution in [2.24, 2.45) is 5.92 Å². The van der Waals surface area contributed by atoms with Crippen LogP contribution in [0.3, 0.4) is 0 Å². The predicted octanol–water partition coefficient (Wildman–Crippen LogP) is 3.81. The first-order chi connectivity index (χ1) is 15.7. The second-order valence-corrected chi connectivity index (χ2v) is 8.96. The van der Waals surface area contributed by atoms with Crippen LogP contribution in [0.4, 0.5) is 5.82 Å². The van der Waals surface area contributed by atoms with Gasteiger partial charge in [-0.3, -0.25) is 4.79 Å². The topological polar surface area (TPSA) is 87.0 Å². The third-order valence-corrected chi connectivity index (χ3v) is 6.67. The molecule has 2 bridgehead atoms. The van der Waals surface area contributed by atoms with E-state index in [1.165, 1.54) is 12.8 Å². The third kappa shape index (κ3) is 3.68. The molecule has 1 saturated carbocycles. The molecular formula is C24H26N4O4. The SMILES string of the molecule is COc1cccc(NC(=O)c2cn3cc(C4CC4)nc3cc2OCC2CC3CCC2O3)n1. The van der Waals surface area contributed by atoms with Crippen LogP contribution in [0.15, 0.2) is 36.7 Å².